The lowest BCUT2D eigenvalue weighted by Crippen LogP contribution is -1.91. The first kappa shape index (κ1) is 13.4. The summed E-state index contributed by atoms with van der Waals surface area (Å²) in [6.45, 7) is 2.14. The summed E-state index contributed by atoms with van der Waals surface area (Å²) in [5.41, 5.74) is 3.55. The van der Waals surface area contributed by atoms with Crippen LogP contribution in [0.5, 0.6) is 5.75 Å². The van der Waals surface area contributed by atoms with Crippen LogP contribution in [0.2, 0.25) is 5.02 Å². The third-order valence-electron chi connectivity index (χ3n) is 2.94. The Hall–Kier alpha value is -0.990. The molecule has 0 aliphatic rings. The molecular formula is C15H14BrClO. The number of phenols is 1. The number of phenolic OH excluding ortho intramolecular Hbond substituents is 1. The molecule has 0 unspecified atom stereocenters. The Labute approximate surface area is 121 Å². The summed E-state index contributed by atoms with van der Waals surface area (Å²) in [4.78, 5) is 0. The van der Waals surface area contributed by atoms with Gasteiger partial charge in [0.25, 0.3) is 0 Å². The van der Waals surface area contributed by atoms with Gasteiger partial charge in [-0.05, 0) is 57.6 Å². The highest BCUT2D eigenvalue weighted by Gasteiger charge is 2.07. The van der Waals surface area contributed by atoms with Crippen molar-refractivity contribution in [3.63, 3.8) is 0 Å². The number of hydrogen-bond acceptors (Lipinski definition) is 1. The molecule has 0 aromatic heterocycles. The van der Waals surface area contributed by atoms with Crippen molar-refractivity contribution >= 4 is 27.5 Å². The van der Waals surface area contributed by atoms with E-state index < -0.39 is 0 Å². The van der Waals surface area contributed by atoms with E-state index in [0.717, 1.165) is 18.4 Å². The Kier molecular flexibility index (Phi) is 4.31. The summed E-state index contributed by atoms with van der Waals surface area (Å²) in [5.74, 6) is 0.171. The van der Waals surface area contributed by atoms with E-state index in [1.165, 1.54) is 11.1 Å². The molecule has 0 radical (unpaired) electrons. The van der Waals surface area contributed by atoms with Crippen LogP contribution >= 0.6 is 27.5 Å². The van der Waals surface area contributed by atoms with Crippen LogP contribution in [0.3, 0.4) is 0 Å². The second kappa shape index (κ2) is 5.77. The fourth-order valence-electron chi connectivity index (χ4n) is 1.83. The van der Waals surface area contributed by atoms with Crippen molar-refractivity contribution in [2.24, 2.45) is 0 Å². The molecule has 0 saturated heterocycles. The molecule has 0 aliphatic heterocycles. The largest absolute Gasteiger partial charge is 0.507 e. The molecule has 2 aromatic rings. The maximum Gasteiger partial charge on any atom is 0.131 e. The molecule has 0 heterocycles. The molecule has 0 atom stereocenters. The monoisotopic (exact) mass is 324 g/mol. The van der Waals surface area contributed by atoms with E-state index in [2.05, 4.69) is 47.1 Å². The van der Waals surface area contributed by atoms with Gasteiger partial charge in [0.1, 0.15) is 5.75 Å². The van der Waals surface area contributed by atoms with Crippen LogP contribution in [-0.4, -0.2) is 5.11 Å². The molecule has 3 heteroatoms. The molecule has 2 rings (SSSR count). The number of rotatable bonds is 3. The van der Waals surface area contributed by atoms with Crippen LogP contribution in [0, 0.1) is 0 Å². The van der Waals surface area contributed by atoms with Crippen LogP contribution in [0.15, 0.2) is 40.9 Å². The van der Waals surface area contributed by atoms with E-state index >= 15 is 0 Å². The van der Waals surface area contributed by atoms with Gasteiger partial charge in [-0.25, -0.2) is 0 Å². The standard InChI is InChI=1S/C15H14BrClO/c1-2-10-3-5-11(6-4-10)7-12-8-13(16)15(18)9-14(12)17/h3-6,8-9,18H,2,7H2,1H3. The third kappa shape index (κ3) is 3.06. The zero-order valence-electron chi connectivity index (χ0n) is 10.1. The summed E-state index contributed by atoms with van der Waals surface area (Å²) in [7, 11) is 0. The van der Waals surface area contributed by atoms with Gasteiger partial charge < -0.3 is 5.11 Å². The molecule has 1 N–H and O–H groups in total. The summed E-state index contributed by atoms with van der Waals surface area (Å²) >= 11 is 9.44. The van der Waals surface area contributed by atoms with E-state index in [0.29, 0.717) is 9.50 Å². The molecule has 2 aromatic carbocycles. The normalized spacial score (nSPS) is 10.6. The Bertz CT molecular complexity index is 549. The van der Waals surface area contributed by atoms with Gasteiger partial charge in [0.05, 0.1) is 4.47 Å². The van der Waals surface area contributed by atoms with Crippen LogP contribution in [0.4, 0.5) is 0 Å². The molecule has 0 spiro atoms. The van der Waals surface area contributed by atoms with E-state index in [-0.39, 0.29) is 5.75 Å². The number of aromatic hydroxyl groups is 1. The minimum Gasteiger partial charge on any atom is -0.507 e. The fourth-order valence-corrected chi connectivity index (χ4v) is 2.44. The molecular weight excluding hydrogens is 312 g/mol. The Balaban J connectivity index is 2.25. The van der Waals surface area contributed by atoms with Crippen molar-refractivity contribution in [2.75, 3.05) is 0 Å². The fraction of sp³-hybridized carbons (Fsp3) is 0.200. The third-order valence-corrected chi connectivity index (χ3v) is 3.93. The summed E-state index contributed by atoms with van der Waals surface area (Å²) in [6, 6.07) is 12.0. The first-order valence-corrected chi connectivity index (χ1v) is 7.02. The van der Waals surface area contributed by atoms with Crippen molar-refractivity contribution in [1.29, 1.82) is 0 Å². The van der Waals surface area contributed by atoms with Gasteiger partial charge in [-0.1, -0.05) is 42.8 Å². The van der Waals surface area contributed by atoms with Crippen molar-refractivity contribution in [2.45, 2.75) is 19.8 Å². The first-order chi connectivity index (χ1) is 8.60. The molecule has 0 saturated carbocycles. The number of aryl methyl sites for hydroxylation is 1. The second-order valence-corrected chi connectivity index (χ2v) is 5.50. The van der Waals surface area contributed by atoms with Crippen LogP contribution in [0.1, 0.15) is 23.6 Å². The zero-order valence-corrected chi connectivity index (χ0v) is 12.4. The SMILES string of the molecule is CCc1ccc(Cc2cc(Br)c(O)cc2Cl)cc1. The van der Waals surface area contributed by atoms with Gasteiger partial charge in [0.2, 0.25) is 0 Å². The number of halogens is 2. The van der Waals surface area contributed by atoms with Gasteiger partial charge >= 0.3 is 0 Å². The van der Waals surface area contributed by atoms with Crippen molar-refractivity contribution in [1.82, 2.24) is 0 Å². The molecule has 0 bridgehead atoms. The predicted octanol–water partition coefficient (Wildman–Crippen LogP) is 4.96. The maximum atomic E-state index is 9.53. The van der Waals surface area contributed by atoms with Crippen LogP contribution < -0.4 is 0 Å². The Morgan fingerprint density at radius 2 is 1.72 bits per heavy atom. The first-order valence-electron chi connectivity index (χ1n) is 5.85. The minimum absolute atomic E-state index is 0.171. The molecule has 1 nitrogen and oxygen atoms in total. The van der Waals surface area contributed by atoms with Gasteiger partial charge in [-0.2, -0.15) is 0 Å². The quantitative estimate of drug-likeness (QED) is 0.845. The summed E-state index contributed by atoms with van der Waals surface area (Å²) in [5, 5.41) is 10.1. The van der Waals surface area contributed by atoms with Crippen molar-refractivity contribution in [3.8, 4) is 5.75 Å². The highest BCUT2D eigenvalue weighted by molar-refractivity contribution is 9.10. The topological polar surface area (TPSA) is 20.2 Å². The molecule has 0 aliphatic carbocycles. The lowest BCUT2D eigenvalue weighted by molar-refractivity contribution is 0.472. The lowest BCUT2D eigenvalue weighted by atomic mass is 10.0. The zero-order chi connectivity index (χ0) is 13.1. The predicted molar refractivity (Wildman–Crippen MR) is 79.4 cm³/mol. The molecule has 0 fully saturated rings. The van der Waals surface area contributed by atoms with Gasteiger partial charge in [0, 0.05) is 5.02 Å². The average molecular weight is 326 g/mol. The van der Waals surface area contributed by atoms with Crippen molar-refractivity contribution < 1.29 is 5.11 Å². The maximum absolute atomic E-state index is 9.53. The minimum atomic E-state index is 0.171. The average Bonchev–Trinajstić information content (AvgIpc) is 2.37. The molecule has 0 amide bonds. The van der Waals surface area contributed by atoms with Crippen LogP contribution in [0.25, 0.3) is 0 Å². The number of hydrogen-bond donors (Lipinski definition) is 1. The highest BCUT2D eigenvalue weighted by Crippen LogP contribution is 2.31. The molecule has 18 heavy (non-hydrogen) atoms. The van der Waals surface area contributed by atoms with E-state index in [1.807, 2.05) is 6.07 Å². The summed E-state index contributed by atoms with van der Waals surface area (Å²) in [6.07, 6.45) is 1.81. The smallest absolute Gasteiger partial charge is 0.131 e. The Morgan fingerprint density at radius 1 is 1.11 bits per heavy atom. The number of benzene rings is 2. The van der Waals surface area contributed by atoms with E-state index in [9.17, 15) is 5.11 Å². The van der Waals surface area contributed by atoms with Crippen molar-refractivity contribution in [3.05, 3.63) is 62.6 Å². The second-order valence-electron chi connectivity index (χ2n) is 4.24. The molecule has 94 valence electrons. The van der Waals surface area contributed by atoms with E-state index in [1.54, 1.807) is 6.07 Å². The van der Waals surface area contributed by atoms with Gasteiger partial charge in [-0.3, -0.25) is 0 Å². The highest BCUT2D eigenvalue weighted by atomic mass is 79.9. The Morgan fingerprint density at radius 3 is 2.33 bits per heavy atom. The summed E-state index contributed by atoms with van der Waals surface area (Å²) < 4.78 is 0.673. The van der Waals surface area contributed by atoms with Gasteiger partial charge in [0.15, 0.2) is 0 Å². The van der Waals surface area contributed by atoms with Crippen LogP contribution in [-0.2, 0) is 12.8 Å². The van der Waals surface area contributed by atoms with Gasteiger partial charge in [-0.15, -0.1) is 0 Å². The van der Waals surface area contributed by atoms with E-state index in [4.69, 9.17) is 11.6 Å². The lowest BCUT2D eigenvalue weighted by Gasteiger charge is -2.07.